The number of nitriles is 1. The average molecular weight is 394 g/mol. The van der Waals surface area contributed by atoms with Gasteiger partial charge in [-0.15, -0.1) is 0 Å². The summed E-state index contributed by atoms with van der Waals surface area (Å²) in [5.41, 5.74) is -1.29. The molecule has 0 aliphatic carbocycles. The summed E-state index contributed by atoms with van der Waals surface area (Å²) >= 11 is 0. The van der Waals surface area contributed by atoms with Crippen LogP contribution in [-0.2, 0) is 0 Å². The number of benzene rings is 2. The van der Waals surface area contributed by atoms with Gasteiger partial charge in [-0.3, -0.25) is 4.79 Å². The van der Waals surface area contributed by atoms with Crippen LogP contribution in [0.25, 0.3) is 27.9 Å². The molecule has 142 valence electrons. The molecule has 0 aliphatic rings. The predicted molar refractivity (Wildman–Crippen MR) is 99.1 cm³/mol. The Morgan fingerprint density at radius 3 is 2.21 bits per heavy atom. The monoisotopic (exact) mass is 394 g/mol. The van der Waals surface area contributed by atoms with Crippen LogP contribution in [0, 0.1) is 34.6 Å². The van der Waals surface area contributed by atoms with Gasteiger partial charge in [0.15, 0.2) is 5.43 Å². The van der Waals surface area contributed by atoms with Crippen LogP contribution < -0.4 is 5.43 Å². The van der Waals surface area contributed by atoms with Crippen LogP contribution in [0.1, 0.15) is 5.56 Å². The molecule has 3 nitrogen and oxygen atoms in total. The second-order valence-electron chi connectivity index (χ2n) is 6.27. The largest absolute Gasteiger partial charge is 0.316 e. The molecule has 0 atom stereocenters. The first-order chi connectivity index (χ1) is 13.9. The maximum atomic E-state index is 14.6. The van der Waals surface area contributed by atoms with Gasteiger partial charge in [-0.05, 0) is 36.4 Å². The molecule has 2 heterocycles. The highest BCUT2D eigenvalue weighted by Crippen LogP contribution is 2.31. The number of hydrogen-bond acceptors (Lipinski definition) is 2. The summed E-state index contributed by atoms with van der Waals surface area (Å²) in [4.78, 5) is 12.5. The number of rotatable bonds is 2. The molecule has 0 spiro atoms. The van der Waals surface area contributed by atoms with E-state index in [1.54, 1.807) is 6.07 Å². The minimum atomic E-state index is -1.06. The molecule has 2 aromatic carbocycles. The zero-order valence-corrected chi connectivity index (χ0v) is 14.6. The molecule has 0 saturated carbocycles. The third kappa shape index (κ3) is 3.05. The topological polar surface area (TPSA) is 45.3 Å². The lowest BCUT2D eigenvalue weighted by molar-refractivity contribution is 0.585. The maximum Gasteiger partial charge on any atom is 0.190 e. The van der Waals surface area contributed by atoms with E-state index in [0.717, 1.165) is 30.3 Å². The molecular weight excluding hydrogens is 384 g/mol. The van der Waals surface area contributed by atoms with Gasteiger partial charge >= 0.3 is 0 Å². The summed E-state index contributed by atoms with van der Waals surface area (Å²) in [5, 5.41) is 8.87. The number of aromatic nitrogens is 1. The van der Waals surface area contributed by atoms with E-state index in [4.69, 9.17) is 5.26 Å². The molecular formula is C22H10F4N2O. The summed E-state index contributed by atoms with van der Waals surface area (Å²) in [6.07, 6.45) is 1.35. The van der Waals surface area contributed by atoms with E-state index in [9.17, 15) is 22.4 Å². The van der Waals surface area contributed by atoms with E-state index in [0.29, 0.717) is 0 Å². The minimum Gasteiger partial charge on any atom is -0.316 e. The smallest absolute Gasteiger partial charge is 0.190 e. The van der Waals surface area contributed by atoms with Crippen LogP contribution in [0.2, 0.25) is 0 Å². The number of hydrogen-bond donors (Lipinski definition) is 0. The van der Waals surface area contributed by atoms with Crippen molar-refractivity contribution >= 4 is 5.52 Å². The molecule has 4 rings (SSSR count). The molecule has 4 aromatic rings. The zero-order valence-electron chi connectivity index (χ0n) is 14.6. The van der Waals surface area contributed by atoms with Crippen LogP contribution in [0.3, 0.4) is 0 Å². The highest BCUT2D eigenvalue weighted by atomic mass is 19.1. The van der Waals surface area contributed by atoms with Crippen molar-refractivity contribution in [2.24, 2.45) is 0 Å². The Hall–Kier alpha value is -3.92. The molecule has 0 aliphatic heterocycles. The van der Waals surface area contributed by atoms with E-state index in [-0.39, 0.29) is 27.9 Å². The lowest BCUT2D eigenvalue weighted by Gasteiger charge is -2.14. The van der Waals surface area contributed by atoms with Crippen molar-refractivity contribution in [1.29, 1.82) is 5.26 Å². The second kappa shape index (κ2) is 6.91. The fourth-order valence-corrected chi connectivity index (χ4v) is 3.28. The van der Waals surface area contributed by atoms with E-state index >= 15 is 0 Å². The van der Waals surface area contributed by atoms with Crippen LogP contribution >= 0.6 is 0 Å². The molecule has 0 radical (unpaired) electrons. The molecule has 0 unspecified atom stereocenters. The summed E-state index contributed by atoms with van der Waals surface area (Å²) in [5.74, 6) is -3.70. The third-order valence-electron chi connectivity index (χ3n) is 4.53. The predicted octanol–water partition coefficient (Wildman–Crippen LogP) is 5.06. The van der Waals surface area contributed by atoms with Gasteiger partial charge < -0.3 is 4.40 Å². The molecule has 0 saturated heterocycles. The van der Waals surface area contributed by atoms with Crippen LogP contribution in [0.4, 0.5) is 17.6 Å². The van der Waals surface area contributed by atoms with E-state index in [1.807, 2.05) is 0 Å². The fraction of sp³-hybridized carbons (Fsp3) is 0. The average Bonchev–Trinajstić information content (AvgIpc) is 2.68. The summed E-state index contributed by atoms with van der Waals surface area (Å²) in [7, 11) is 0. The summed E-state index contributed by atoms with van der Waals surface area (Å²) in [6.45, 7) is 0. The lowest BCUT2D eigenvalue weighted by atomic mass is 10.0. The first-order valence-corrected chi connectivity index (χ1v) is 8.40. The molecule has 0 amide bonds. The zero-order chi connectivity index (χ0) is 20.7. The van der Waals surface area contributed by atoms with Crippen molar-refractivity contribution in [1.82, 2.24) is 4.40 Å². The summed E-state index contributed by atoms with van der Waals surface area (Å²) in [6, 6.07) is 11.9. The Kier molecular flexibility index (Phi) is 4.40. The van der Waals surface area contributed by atoms with E-state index in [2.05, 4.69) is 0 Å². The van der Waals surface area contributed by atoms with Crippen molar-refractivity contribution in [3.05, 3.63) is 99.8 Å². The highest BCUT2D eigenvalue weighted by Gasteiger charge is 2.20. The number of halogens is 4. The highest BCUT2D eigenvalue weighted by molar-refractivity contribution is 5.83. The maximum absolute atomic E-state index is 14.6. The Morgan fingerprint density at radius 1 is 0.828 bits per heavy atom. The molecule has 0 fully saturated rings. The van der Waals surface area contributed by atoms with Crippen LogP contribution in [0.5, 0.6) is 0 Å². The molecule has 0 N–H and O–H groups in total. The van der Waals surface area contributed by atoms with Crippen molar-refractivity contribution in [3.8, 4) is 28.5 Å². The standard InChI is InChI=1S/C22H10F4N2O/c23-13-4-5-14(15(24)10-13)18-2-1-3-19-22(20(29)6-7-28(18)19)21-16(25)8-12(11-27)9-17(21)26/h1-10H. The molecule has 0 bridgehead atoms. The van der Waals surface area contributed by atoms with Crippen molar-refractivity contribution in [3.63, 3.8) is 0 Å². The van der Waals surface area contributed by atoms with Gasteiger partial charge in [0.05, 0.1) is 34.0 Å². The SMILES string of the molecule is N#Cc1cc(F)c(-c2c(=O)ccn3c(-c4ccc(F)cc4F)cccc23)c(F)c1. The van der Waals surface area contributed by atoms with E-state index in [1.165, 1.54) is 34.9 Å². The lowest BCUT2D eigenvalue weighted by Crippen LogP contribution is -2.10. The Labute approximate surface area is 161 Å². The third-order valence-corrected chi connectivity index (χ3v) is 4.53. The first kappa shape index (κ1) is 18.4. The molecule has 7 heteroatoms. The van der Waals surface area contributed by atoms with Gasteiger partial charge in [-0.1, -0.05) is 6.07 Å². The fourth-order valence-electron chi connectivity index (χ4n) is 3.28. The van der Waals surface area contributed by atoms with Crippen LogP contribution in [0.15, 0.2) is 65.6 Å². The second-order valence-corrected chi connectivity index (χ2v) is 6.27. The van der Waals surface area contributed by atoms with Gasteiger partial charge in [0.2, 0.25) is 0 Å². The summed E-state index contributed by atoms with van der Waals surface area (Å²) < 4.78 is 58.1. The van der Waals surface area contributed by atoms with Gasteiger partial charge in [-0.25, -0.2) is 17.6 Å². The van der Waals surface area contributed by atoms with Crippen molar-refractivity contribution in [2.75, 3.05) is 0 Å². The number of fused-ring (bicyclic) bond motifs is 1. The van der Waals surface area contributed by atoms with Crippen molar-refractivity contribution < 1.29 is 17.6 Å². The Balaban J connectivity index is 2.08. The van der Waals surface area contributed by atoms with E-state index < -0.39 is 34.3 Å². The molecule has 2 aromatic heterocycles. The van der Waals surface area contributed by atoms with Gasteiger partial charge in [0.1, 0.15) is 23.3 Å². The van der Waals surface area contributed by atoms with Crippen LogP contribution in [-0.4, -0.2) is 4.40 Å². The first-order valence-electron chi connectivity index (χ1n) is 8.40. The van der Waals surface area contributed by atoms with Gasteiger partial charge in [0, 0.05) is 23.9 Å². The van der Waals surface area contributed by atoms with Gasteiger partial charge in [-0.2, -0.15) is 5.26 Å². The minimum absolute atomic E-state index is 0.0485. The quantitative estimate of drug-likeness (QED) is 0.446. The Bertz CT molecular complexity index is 1360. The number of nitrogens with zero attached hydrogens (tertiary/aromatic N) is 2. The van der Waals surface area contributed by atoms with Gasteiger partial charge in [0.25, 0.3) is 0 Å². The normalized spacial score (nSPS) is 10.9. The molecule has 29 heavy (non-hydrogen) atoms. The number of pyridine rings is 2. The van der Waals surface area contributed by atoms with Crippen molar-refractivity contribution in [2.45, 2.75) is 0 Å². The Morgan fingerprint density at radius 2 is 1.55 bits per heavy atom.